The van der Waals surface area contributed by atoms with Crippen molar-refractivity contribution in [1.29, 1.82) is 0 Å². The third kappa shape index (κ3) is 3.68. The molecule has 1 aromatic heterocycles. The second-order valence-corrected chi connectivity index (χ2v) is 4.15. The van der Waals surface area contributed by atoms with Crippen LogP contribution in [0.25, 0.3) is 0 Å². The zero-order valence-corrected chi connectivity index (χ0v) is 9.05. The van der Waals surface area contributed by atoms with Crippen LogP contribution < -0.4 is 0 Å². The van der Waals surface area contributed by atoms with Crippen molar-refractivity contribution in [2.45, 2.75) is 18.5 Å². The van der Waals surface area contributed by atoms with Gasteiger partial charge in [-0.15, -0.1) is 0 Å². The van der Waals surface area contributed by atoms with Gasteiger partial charge in [0.25, 0.3) is 0 Å². The summed E-state index contributed by atoms with van der Waals surface area (Å²) in [6, 6.07) is 1.74. The molecule has 74 valence electrons. The quantitative estimate of drug-likeness (QED) is 0.725. The average molecular weight is 273 g/mol. The van der Waals surface area contributed by atoms with Crippen LogP contribution >= 0.6 is 27.3 Å². The van der Waals surface area contributed by atoms with Gasteiger partial charge in [-0.25, -0.2) is 0 Å². The molecule has 0 aliphatic rings. The Labute approximate surface area is 86.9 Å². The van der Waals surface area contributed by atoms with E-state index in [0.717, 1.165) is 5.56 Å². The van der Waals surface area contributed by atoms with Gasteiger partial charge in [-0.05, 0) is 22.4 Å². The van der Waals surface area contributed by atoms with E-state index in [1.165, 1.54) is 11.3 Å². The number of rotatable bonds is 3. The van der Waals surface area contributed by atoms with Crippen LogP contribution in [0.5, 0.6) is 0 Å². The van der Waals surface area contributed by atoms with Crippen molar-refractivity contribution in [1.82, 2.24) is 0 Å². The number of hydrogen-bond donors (Lipinski definition) is 0. The van der Waals surface area contributed by atoms with Crippen LogP contribution in [-0.2, 0) is 0 Å². The smallest absolute Gasteiger partial charge is 0.171 e. The van der Waals surface area contributed by atoms with Gasteiger partial charge in [0, 0.05) is 11.2 Å². The van der Waals surface area contributed by atoms with E-state index in [1.54, 1.807) is 16.8 Å². The molecule has 0 saturated heterocycles. The predicted molar refractivity (Wildman–Crippen MR) is 51.5 cm³/mol. The highest BCUT2D eigenvalue weighted by Crippen LogP contribution is 2.33. The molecule has 5 heteroatoms. The summed E-state index contributed by atoms with van der Waals surface area (Å²) in [5.74, 6) is -0.453. The minimum absolute atomic E-state index is 0.350. The molecule has 0 amide bonds. The maximum absolute atomic E-state index is 12.1. The molecular weight excluding hydrogens is 265 g/mol. The molecule has 0 spiro atoms. The standard InChI is InChI=1S/C8H8BrF3S/c9-4-7(3-8(10,11)12)6-1-2-13-5-6/h1-2,5,7H,3-4H2/t7-/m0/s1. The third-order valence-electron chi connectivity index (χ3n) is 1.68. The van der Waals surface area contributed by atoms with Crippen molar-refractivity contribution in [3.8, 4) is 0 Å². The number of halogens is 4. The Kier molecular flexibility index (Phi) is 3.79. The van der Waals surface area contributed by atoms with Crippen LogP contribution in [0, 0.1) is 0 Å². The minimum atomic E-state index is -4.08. The monoisotopic (exact) mass is 272 g/mol. The van der Waals surface area contributed by atoms with Crippen LogP contribution in [0.3, 0.4) is 0 Å². The predicted octanol–water partition coefficient (Wildman–Crippen LogP) is 4.18. The second kappa shape index (κ2) is 4.46. The lowest BCUT2D eigenvalue weighted by Gasteiger charge is -2.14. The highest BCUT2D eigenvalue weighted by Gasteiger charge is 2.32. The fraction of sp³-hybridized carbons (Fsp3) is 0.500. The maximum atomic E-state index is 12.1. The van der Waals surface area contributed by atoms with E-state index in [-0.39, 0.29) is 0 Å². The fourth-order valence-electron chi connectivity index (χ4n) is 1.05. The van der Waals surface area contributed by atoms with Crippen LogP contribution in [0.2, 0.25) is 0 Å². The first-order chi connectivity index (χ1) is 6.03. The normalized spacial score (nSPS) is 14.5. The lowest BCUT2D eigenvalue weighted by Crippen LogP contribution is -2.14. The molecule has 0 unspecified atom stereocenters. The molecule has 0 fully saturated rings. The summed E-state index contributed by atoms with van der Waals surface area (Å²) in [5.41, 5.74) is 0.763. The molecule has 0 aromatic carbocycles. The zero-order chi connectivity index (χ0) is 9.90. The first kappa shape index (κ1) is 11.0. The fourth-order valence-corrected chi connectivity index (χ4v) is 2.39. The van der Waals surface area contributed by atoms with Gasteiger partial charge in [-0.1, -0.05) is 15.9 Å². The van der Waals surface area contributed by atoms with Crippen molar-refractivity contribution in [3.05, 3.63) is 22.4 Å². The van der Waals surface area contributed by atoms with Crippen molar-refractivity contribution in [2.75, 3.05) is 5.33 Å². The van der Waals surface area contributed by atoms with Gasteiger partial charge in [0.2, 0.25) is 0 Å². The summed E-state index contributed by atoms with van der Waals surface area (Å²) in [6.45, 7) is 0. The molecule has 1 aromatic rings. The molecule has 0 aliphatic heterocycles. The van der Waals surface area contributed by atoms with E-state index in [0.29, 0.717) is 5.33 Å². The van der Waals surface area contributed by atoms with Gasteiger partial charge in [-0.2, -0.15) is 24.5 Å². The van der Waals surface area contributed by atoms with E-state index >= 15 is 0 Å². The molecule has 0 N–H and O–H groups in total. The molecule has 13 heavy (non-hydrogen) atoms. The van der Waals surface area contributed by atoms with E-state index in [4.69, 9.17) is 0 Å². The Morgan fingerprint density at radius 3 is 2.54 bits per heavy atom. The molecule has 1 heterocycles. The van der Waals surface area contributed by atoms with Crippen molar-refractivity contribution >= 4 is 27.3 Å². The van der Waals surface area contributed by atoms with Gasteiger partial charge in [0.1, 0.15) is 0 Å². The second-order valence-electron chi connectivity index (χ2n) is 2.73. The summed E-state index contributed by atoms with van der Waals surface area (Å²) in [5, 5.41) is 3.91. The number of thiophene rings is 1. The number of alkyl halides is 4. The minimum Gasteiger partial charge on any atom is -0.171 e. The van der Waals surface area contributed by atoms with Crippen molar-refractivity contribution in [3.63, 3.8) is 0 Å². The molecule has 0 nitrogen and oxygen atoms in total. The summed E-state index contributed by atoms with van der Waals surface area (Å²) < 4.78 is 36.2. The highest BCUT2D eigenvalue weighted by molar-refractivity contribution is 9.09. The third-order valence-corrected chi connectivity index (χ3v) is 3.16. The molecule has 1 rings (SSSR count). The largest absolute Gasteiger partial charge is 0.389 e. The summed E-state index contributed by atoms with van der Waals surface area (Å²) in [6.07, 6.45) is -4.84. The zero-order valence-electron chi connectivity index (χ0n) is 6.64. The summed E-state index contributed by atoms with van der Waals surface area (Å²) in [7, 11) is 0. The molecule has 1 atom stereocenters. The Morgan fingerprint density at radius 1 is 1.46 bits per heavy atom. The van der Waals surface area contributed by atoms with Crippen molar-refractivity contribution < 1.29 is 13.2 Å². The maximum Gasteiger partial charge on any atom is 0.389 e. The highest BCUT2D eigenvalue weighted by atomic mass is 79.9. The molecule has 0 radical (unpaired) electrons. The first-order valence-corrected chi connectivity index (χ1v) is 5.74. The van der Waals surface area contributed by atoms with Crippen LogP contribution in [0.4, 0.5) is 13.2 Å². The molecule has 0 saturated carbocycles. The number of hydrogen-bond acceptors (Lipinski definition) is 1. The van der Waals surface area contributed by atoms with Gasteiger partial charge >= 0.3 is 6.18 Å². The van der Waals surface area contributed by atoms with E-state index < -0.39 is 18.5 Å². The Balaban J connectivity index is 2.64. The van der Waals surface area contributed by atoms with Gasteiger partial charge in [0.05, 0.1) is 6.42 Å². The molecule has 0 aliphatic carbocycles. The van der Waals surface area contributed by atoms with Crippen LogP contribution in [0.15, 0.2) is 16.8 Å². The Hall–Kier alpha value is -0.0300. The summed E-state index contributed by atoms with van der Waals surface area (Å²) >= 11 is 4.52. The van der Waals surface area contributed by atoms with E-state index in [9.17, 15) is 13.2 Å². The SMILES string of the molecule is FC(F)(F)C[C@@H](CBr)c1ccsc1. The topological polar surface area (TPSA) is 0 Å². The Bertz CT molecular complexity index is 242. The van der Waals surface area contributed by atoms with E-state index in [1.807, 2.05) is 0 Å². The molecular formula is C8H8BrF3S. The average Bonchev–Trinajstić information content (AvgIpc) is 2.50. The van der Waals surface area contributed by atoms with Crippen LogP contribution in [0.1, 0.15) is 17.9 Å². The summed E-state index contributed by atoms with van der Waals surface area (Å²) in [4.78, 5) is 0. The lowest BCUT2D eigenvalue weighted by atomic mass is 10.0. The van der Waals surface area contributed by atoms with Gasteiger partial charge < -0.3 is 0 Å². The lowest BCUT2D eigenvalue weighted by molar-refractivity contribution is -0.137. The van der Waals surface area contributed by atoms with Gasteiger partial charge in [0.15, 0.2) is 0 Å². The van der Waals surface area contributed by atoms with Gasteiger partial charge in [-0.3, -0.25) is 0 Å². The van der Waals surface area contributed by atoms with E-state index in [2.05, 4.69) is 15.9 Å². The van der Waals surface area contributed by atoms with Crippen LogP contribution in [-0.4, -0.2) is 11.5 Å². The van der Waals surface area contributed by atoms with Crippen molar-refractivity contribution in [2.24, 2.45) is 0 Å². The first-order valence-electron chi connectivity index (χ1n) is 3.68. The molecule has 0 bridgehead atoms. The Morgan fingerprint density at radius 2 is 2.15 bits per heavy atom.